The molecular weight excluding hydrogens is 294 g/mol. The molecule has 0 aromatic heterocycles. The summed E-state index contributed by atoms with van der Waals surface area (Å²) < 4.78 is 0. The molecule has 5 heteroatoms. The van der Waals surface area contributed by atoms with Gasteiger partial charge in [-0.05, 0) is 43.4 Å². The van der Waals surface area contributed by atoms with Gasteiger partial charge in [0.15, 0.2) is 0 Å². The second-order valence-electron chi connectivity index (χ2n) is 6.66. The number of aliphatic hydroxyl groups is 1. The van der Waals surface area contributed by atoms with Gasteiger partial charge in [0, 0.05) is 6.42 Å². The van der Waals surface area contributed by atoms with Crippen LogP contribution >= 0.6 is 0 Å². The van der Waals surface area contributed by atoms with Gasteiger partial charge in [-0.25, -0.2) is 4.79 Å². The molecule has 132 valence electrons. The van der Waals surface area contributed by atoms with E-state index in [9.17, 15) is 19.8 Å². The maximum atomic E-state index is 12.2. The molecule has 23 heavy (non-hydrogen) atoms. The number of amides is 1. The first-order chi connectivity index (χ1) is 10.9. The van der Waals surface area contributed by atoms with Crippen LogP contribution in [0.4, 0.5) is 0 Å². The molecule has 0 aromatic rings. The Morgan fingerprint density at radius 3 is 2.52 bits per heavy atom. The number of carbonyl (C=O) groups excluding carboxylic acids is 1. The summed E-state index contributed by atoms with van der Waals surface area (Å²) in [4.78, 5) is 23.5. The van der Waals surface area contributed by atoms with E-state index in [1.54, 1.807) is 0 Å². The predicted molar refractivity (Wildman–Crippen MR) is 89.9 cm³/mol. The second-order valence-corrected chi connectivity index (χ2v) is 6.66. The number of aliphatic carboxylic acids is 1. The summed E-state index contributed by atoms with van der Waals surface area (Å²) >= 11 is 0. The van der Waals surface area contributed by atoms with Crippen LogP contribution in [0.1, 0.15) is 59.3 Å². The van der Waals surface area contributed by atoms with Crippen molar-refractivity contribution in [3.8, 4) is 0 Å². The number of carboxylic acid groups (broad SMARTS) is 1. The average Bonchev–Trinajstić information content (AvgIpc) is 2.84. The number of rotatable bonds is 9. The molecular formula is C18H31NO4. The number of hydrogen-bond donors (Lipinski definition) is 3. The summed E-state index contributed by atoms with van der Waals surface area (Å²) in [5.74, 6) is -1.09. The Morgan fingerprint density at radius 1 is 1.26 bits per heavy atom. The molecule has 0 heterocycles. The molecule has 1 aliphatic carbocycles. The predicted octanol–water partition coefficient (Wildman–Crippen LogP) is 2.74. The lowest BCUT2D eigenvalue weighted by molar-refractivity contribution is -0.143. The van der Waals surface area contributed by atoms with E-state index in [1.165, 1.54) is 0 Å². The van der Waals surface area contributed by atoms with Crippen molar-refractivity contribution in [3.05, 3.63) is 12.2 Å². The molecule has 1 rings (SSSR count). The fourth-order valence-corrected chi connectivity index (χ4v) is 3.30. The Hall–Kier alpha value is -1.36. The fraction of sp³-hybridized carbons (Fsp3) is 0.778. The third-order valence-electron chi connectivity index (χ3n) is 4.99. The van der Waals surface area contributed by atoms with Gasteiger partial charge in [-0.1, -0.05) is 39.3 Å². The van der Waals surface area contributed by atoms with E-state index in [0.29, 0.717) is 12.8 Å². The molecule has 5 atom stereocenters. The maximum absolute atomic E-state index is 12.2. The van der Waals surface area contributed by atoms with E-state index in [1.807, 2.05) is 13.8 Å². The molecule has 0 aromatic carbocycles. The van der Waals surface area contributed by atoms with E-state index < -0.39 is 12.0 Å². The number of hydrogen-bond acceptors (Lipinski definition) is 3. The van der Waals surface area contributed by atoms with Crippen molar-refractivity contribution < 1.29 is 19.8 Å². The molecule has 0 radical (unpaired) electrons. The van der Waals surface area contributed by atoms with Crippen LogP contribution in [0.2, 0.25) is 0 Å². The van der Waals surface area contributed by atoms with Gasteiger partial charge in [0.1, 0.15) is 6.04 Å². The monoisotopic (exact) mass is 325 g/mol. The Balaban J connectivity index is 2.60. The van der Waals surface area contributed by atoms with Crippen LogP contribution in [0.25, 0.3) is 0 Å². The molecule has 0 aliphatic heterocycles. The molecule has 0 unspecified atom stereocenters. The summed E-state index contributed by atoms with van der Waals surface area (Å²) in [6.45, 7) is 5.81. The van der Waals surface area contributed by atoms with Gasteiger partial charge in [0.05, 0.1) is 6.10 Å². The minimum absolute atomic E-state index is 0.0930. The lowest BCUT2D eigenvalue weighted by Crippen LogP contribution is -2.45. The summed E-state index contributed by atoms with van der Waals surface area (Å²) in [5, 5.41) is 22.0. The molecule has 1 amide bonds. The largest absolute Gasteiger partial charge is 0.480 e. The maximum Gasteiger partial charge on any atom is 0.326 e. The highest BCUT2D eigenvalue weighted by atomic mass is 16.4. The lowest BCUT2D eigenvalue weighted by Gasteiger charge is -2.23. The van der Waals surface area contributed by atoms with E-state index >= 15 is 0 Å². The SMILES string of the molecule is CC/C=C\C[C@@H]1[C@@H](CC(=O)N[C@H](C(=O)O)[C@@H](C)CC)CC[C@@H]1O. The molecule has 0 bridgehead atoms. The first-order valence-corrected chi connectivity index (χ1v) is 8.75. The molecule has 0 spiro atoms. The fourth-order valence-electron chi connectivity index (χ4n) is 3.30. The zero-order valence-electron chi connectivity index (χ0n) is 14.5. The van der Waals surface area contributed by atoms with E-state index in [0.717, 1.165) is 25.7 Å². The lowest BCUT2D eigenvalue weighted by atomic mass is 9.88. The Kier molecular flexibility index (Phi) is 8.31. The summed E-state index contributed by atoms with van der Waals surface area (Å²) in [7, 11) is 0. The summed E-state index contributed by atoms with van der Waals surface area (Å²) in [6.07, 6.45) is 8.06. The topological polar surface area (TPSA) is 86.6 Å². The van der Waals surface area contributed by atoms with E-state index in [4.69, 9.17) is 0 Å². The Labute approximate surface area is 139 Å². The molecule has 0 saturated heterocycles. The molecule has 1 aliphatic rings. The second kappa shape index (κ2) is 9.71. The van der Waals surface area contributed by atoms with E-state index in [-0.39, 0.29) is 29.8 Å². The van der Waals surface area contributed by atoms with Crippen LogP contribution in [0.15, 0.2) is 12.2 Å². The number of aliphatic hydroxyl groups excluding tert-OH is 1. The minimum atomic E-state index is -0.985. The molecule has 1 saturated carbocycles. The quantitative estimate of drug-likeness (QED) is 0.569. The standard InChI is InChI=1S/C18H31NO4/c1-4-6-7-8-14-13(9-10-15(14)20)11-16(21)19-17(18(22)23)12(3)5-2/h6-7,12-15,17,20H,4-5,8-11H2,1-3H3,(H,19,21)(H,22,23)/b7-6-/t12-,13+,14+,15-,17-/m0/s1. The summed E-state index contributed by atoms with van der Waals surface area (Å²) in [6, 6.07) is -0.836. The van der Waals surface area contributed by atoms with Crippen molar-refractivity contribution in [2.75, 3.05) is 0 Å². The minimum Gasteiger partial charge on any atom is -0.480 e. The van der Waals surface area contributed by atoms with Crippen molar-refractivity contribution in [1.29, 1.82) is 0 Å². The van der Waals surface area contributed by atoms with Gasteiger partial charge >= 0.3 is 5.97 Å². The number of carbonyl (C=O) groups is 2. The van der Waals surface area contributed by atoms with Crippen LogP contribution in [-0.4, -0.2) is 34.2 Å². The van der Waals surface area contributed by atoms with Crippen molar-refractivity contribution in [2.24, 2.45) is 17.8 Å². The Bertz CT molecular complexity index is 421. The van der Waals surface area contributed by atoms with Gasteiger partial charge in [0.2, 0.25) is 5.91 Å². The average molecular weight is 325 g/mol. The molecule has 1 fully saturated rings. The van der Waals surface area contributed by atoms with Crippen LogP contribution in [-0.2, 0) is 9.59 Å². The molecule has 5 nitrogen and oxygen atoms in total. The normalized spacial score (nSPS) is 27.0. The zero-order chi connectivity index (χ0) is 17.4. The van der Waals surface area contributed by atoms with Gasteiger partial charge in [-0.2, -0.15) is 0 Å². The third kappa shape index (κ3) is 5.98. The van der Waals surface area contributed by atoms with Crippen molar-refractivity contribution in [3.63, 3.8) is 0 Å². The highest BCUT2D eigenvalue weighted by Crippen LogP contribution is 2.37. The highest BCUT2D eigenvalue weighted by molar-refractivity contribution is 5.83. The number of nitrogens with one attached hydrogen (secondary N) is 1. The van der Waals surface area contributed by atoms with Gasteiger partial charge in [-0.3, -0.25) is 4.79 Å². The number of allylic oxidation sites excluding steroid dienone is 2. The smallest absolute Gasteiger partial charge is 0.326 e. The van der Waals surface area contributed by atoms with Gasteiger partial charge in [0.25, 0.3) is 0 Å². The van der Waals surface area contributed by atoms with E-state index in [2.05, 4.69) is 24.4 Å². The highest BCUT2D eigenvalue weighted by Gasteiger charge is 2.36. The van der Waals surface area contributed by atoms with Gasteiger partial charge < -0.3 is 15.5 Å². The van der Waals surface area contributed by atoms with Crippen LogP contribution in [0, 0.1) is 17.8 Å². The zero-order valence-corrected chi connectivity index (χ0v) is 14.5. The van der Waals surface area contributed by atoms with Gasteiger partial charge in [-0.15, -0.1) is 0 Å². The first kappa shape index (κ1) is 19.7. The third-order valence-corrected chi connectivity index (χ3v) is 4.99. The van der Waals surface area contributed by atoms with Crippen LogP contribution in [0.3, 0.4) is 0 Å². The van der Waals surface area contributed by atoms with Crippen LogP contribution < -0.4 is 5.32 Å². The number of carboxylic acids is 1. The van der Waals surface area contributed by atoms with Crippen molar-refractivity contribution in [1.82, 2.24) is 5.32 Å². The molecule has 3 N–H and O–H groups in total. The first-order valence-electron chi connectivity index (χ1n) is 8.75. The summed E-state index contributed by atoms with van der Waals surface area (Å²) in [5.41, 5.74) is 0. The van der Waals surface area contributed by atoms with Crippen LogP contribution in [0.5, 0.6) is 0 Å². The Morgan fingerprint density at radius 2 is 1.96 bits per heavy atom. The van der Waals surface area contributed by atoms with Crippen molar-refractivity contribution >= 4 is 11.9 Å². The van der Waals surface area contributed by atoms with Crippen molar-refractivity contribution in [2.45, 2.75) is 71.4 Å².